The molecule has 0 bridgehead atoms. The third-order valence-electron chi connectivity index (χ3n) is 3.23. The minimum atomic E-state index is -0.273. The summed E-state index contributed by atoms with van der Waals surface area (Å²) in [5, 5.41) is 15.6. The van der Waals surface area contributed by atoms with Crippen LogP contribution in [0.2, 0.25) is 0 Å². The summed E-state index contributed by atoms with van der Waals surface area (Å²) in [6.07, 6.45) is 0. The van der Waals surface area contributed by atoms with Crippen molar-refractivity contribution in [1.82, 2.24) is 5.32 Å². The van der Waals surface area contributed by atoms with Crippen molar-refractivity contribution < 1.29 is 4.79 Å². The minimum absolute atomic E-state index is 0.184. The number of nitrogens with zero attached hydrogens (tertiary/aromatic N) is 1. The molecule has 0 aliphatic rings. The van der Waals surface area contributed by atoms with Crippen LogP contribution in [0.3, 0.4) is 0 Å². The summed E-state index contributed by atoms with van der Waals surface area (Å²) >= 11 is 6.61. The first-order chi connectivity index (χ1) is 10.4. The quantitative estimate of drug-likeness (QED) is 0.825. The van der Waals surface area contributed by atoms with E-state index in [0.29, 0.717) is 16.1 Å². The number of thiophene rings is 1. The topological polar surface area (TPSA) is 64.9 Å². The highest BCUT2D eigenvalue weighted by atomic mass is 32.1. The number of carbonyl (C=O) groups is 1. The van der Waals surface area contributed by atoms with Gasteiger partial charge in [-0.25, -0.2) is 0 Å². The maximum absolute atomic E-state index is 12.1. The van der Waals surface area contributed by atoms with E-state index in [2.05, 4.69) is 16.7 Å². The predicted octanol–water partition coefficient (Wildman–Crippen LogP) is 3.67. The van der Waals surface area contributed by atoms with Gasteiger partial charge in [0, 0.05) is 10.4 Å². The first-order valence-corrected chi connectivity index (χ1v) is 7.84. The molecule has 112 valence electrons. The Kier molecular flexibility index (Phi) is 4.91. The monoisotopic (exact) mass is 329 g/mol. The molecule has 0 atom stereocenters. The third kappa shape index (κ3) is 3.50. The fraction of sp³-hybridized carbons (Fsp3) is 0.188. The van der Waals surface area contributed by atoms with Crippen LogP contribution >= 0.6 is 23.6 Å². The van der Waals surface area contributed by atoms with Gasteiger partial charge in [-0.3, -0.25) is 10.1 Å². The lowest BCUT2D eigenvalue weighted by Gasteiger charge is -2.08. The van der Waals surface area contributed by atoms with Gasteiger partial charge in [-0.15, -0.1) is 11.3 Å². The van der Waals surface area contributed by atoms with Gasteiger partial charge in [0.15, 0.2) is 5.11 Å². The summed E-state index contributed by atoms with van der Waals surface area (Å²) in [5.74, 6) is -0.273. The molecule has 2 aromatic rings. The highest BCUT2D eigenvalue weighted by Gasteiger charge is 2.14. The smallest absolute Gasteiger partial charge is 0.257 e. The number of anilines is 1. The van der Waals surface area contributed by atoms with Gasteiger partial charge in [-0.2, -0.15) is 5.26 Å². The van der Waals surface area contributed by atoms with Crippen molar-refractivity contribution in [3.8, 4) is 6.07 Å². The molecule has 4 nitrogen and oxygen atoms in total. The molecule has 1 amide bonds. The Bertz CT molecular complexity index is 787. The summed E-state index contributed by atoms with van der Waals surface area (Å²) in [4.78, 5) is 13.2. The van der Waals surface area contributed by atoms with E-state index < -0.39 is 0 Å². The number of hydrogen-bond acceptors (Lipinski definition) is 4. The Morgan fingerprint density at radius 2 is 2.05 bits per heavy atom. The zero-order valence-corrected chi connectivity index (χ0v) is 14.1. The van der Waals surface area contributed by atoms with Gasteiger partial charge in [0.05, 0.1) is 5.56 Å². The van der Waals surface area contributed by atoms with E-state index in [-0.39, 0.29) is 11.0 Å². The summed E-state index contributed by atoms with van der Waals surface area (Å²) < 4.78 is 0. The van der Waals surface area contributed by atoms with Gasteiger partial charge in [0.1, 0.15) is 11.1 Å². The van der Waals surface area contributed by atoms with Crippen molar-refractivity contribution >= 4 is 39.6 Å². The number of amides is 1. The second-order valence-electron chi connectivity index (χ2n) is 4.88. The number of rotatable bonds is 2. The van der Waals surface area contributed by atoms with Crippen LogP contribution < -0.4 is 10.6 Å². The lowest BCUT2D eigenvalue weighted by Crippen LogP contribution is -2.34. The molecule has 0 unspecified atom stereocenters. The third-order valence-corrected chi connectivity index (χ3v) is 4.56. The van der Waals surface area contributed by atoms with E-state index in [1.54, 1.807) is 12.1 Å². The van der Waals surface area contributed by atoms with Crippen LogP contribution in [0.4, 0.5) is 5.00 Å². The molecule has 0 saturated heterocycles. The van der Waals surface area contributed by atoms with Crippen molar-refractivity contribution in [1.29, 1.82) is 5.26 Å². The normalized spacial score (nSPS) is 9.91. The molecule has 0 aliphatic carbocycles. The van der Waals surface area contributed by atoms with Crippen LogP contribution in [-0.2, 0) is 0 Å². The Hall–Kier alpha value is -2.23. The number of thiocarbonyl (C=S) groups is 1. The van der Waals surface area contributed by atoms with Crippen molar-refractivity contribution in [2.24, 2.45) is 0 Å². The van der Waals surface area contributed by atoms with E-state index in [0.717, 1.165) is 16.0 Å². The Labute approximate surface area is 138 Å². The van der Waals surface area contributed by atoms with Gasteiger partial charge in [-0.1, -0.05) is 17.7 Å². The van der Waals surface area contributed by atoms with Gasteiger partial charge >= 0.3 is 0 Å². The van der Waals surface area contributed by atoms with Gasteiger partial charge in [0.25, 0.3) is 5.91 Å². The number of hydrogen-bond donors (Lipinski definition) is 2. The standard InChI is InChI=1S/C16H15N3OS2/c1-9-5-4-6-12(7-9)14(20)18-16(21)19-15-13(8-17)10(2)11(3)22-15/h4-7H,1-3H3,(H2,18,19,20,21). The first-order valence-electron chi connectivity index (χ1n) is 6.61. The molecule has 2 rings (SSSR count). The molecule has 1 aromatic heterocycles. The maximum atomic E-state index is 12.1. The van der Waals surface area contributed by atoms with Crippen LogP contribution in [0.15, 0.2) is 24.3 Å². The summed E-state index contributed by atoms with van der Waals surface area (Å²) in [7, 11) is 0. The second-order valence-corrected chi connectivity index (χ2v) is 6.51. The van der Waals surface area contributed by atoms with Gasteiger partial charge in [-0.05, 0) is 50.7 Å². The van der Waals surface area contributed by atoms with Gasteiger partial charge in [0.2, 0.25) is 0 Å². The molecular formula is C16H15N3OS2. The summed E-state index contributed by atoms with van der Waals surface area (Å²) in [5.41, 5.74) is 3.04. The van der Waals surface area contributed by atoms with E-state index >= 15 is 0 Å². The fourth-order valence-electron chi connectivity index (χ4n) is 1.95. The molecule has 0 radical (unpaired) electrons. The molecule has 0 aliphatic heterocycles. The number of nitriles is 1. The molecular weight excluding hydrogens is 314 g/mol. The van der Waals surface area contributed by atoms with E-state index in [1.807, 2.05) is 32.9 Å². The van der Waals surface area contributed by atoms with Crippen LogP contribution in [0.1, 0.15) is 31.9 Å². The molecule has 0 spiro atoms. The highest BCUT2D eigenvalue weighted by Crippen LogP contribution is 2.31. The second kappa shape index (κ2) is 6.69. The van der Waals surface area contributed by atoms with E-state index in [4.69, 9.17) is 12.2 Å². The molecule has 2 N–H and O–H groups in total. The highest BCUT2D eigenvalue weighted by molar-refractivity contribution is 7.80. The number of benzene rings is 1. The zero-order chi connectivity index (χ0) is 16.3. The summed E-state index contributed by atoms with van der Waals surface area (Å²) in [6.45, 7) is 5.76. The van der Waals surface area contributed by atoms with E-state index in [1.165, 1.54) is 11.3 Å². The number of nitrogens with one attached hydrogen (secondary N) is 2. The summed E-state index contributed by atoms with van der Waals surface area (Å²) in [6, 6.07) is 9.42. The number of aryl methyl sites for hydroxylation is 2. The number of carbonyl (C=O) groups excluding carboxylic acids is 1. The average molecular weight is 329 g/mol. The Morgan fingerprint density at radius 3 is 2.68 bits per heavy atom. The molecule has 0 fully saturated rings. The van der Waals surface area contributed by atoms with Crippen molar-refractivity contribution in [3.63, 3.8) is 0 Å². The maximum Gasteiger partial charge on any atom is 0.257 e. The van der Waals surface area contributed by atoms with Crippen LogP contribution in [0.25, 0.3) is 0 Å². The van der Waals surface area contributed by atoms with Crippen LogP contribution in [0, 0.1) is 32.1 Å². The molecule has 0 saturated carbocycles. The molecule has 22 heavy (non-hydrogen) atoms. The average Bonchev–Trinajstić information content (AvgIpc) is 2.73. The lowest BCUT2D eigenvalue weighted by atomic mass is 10.1. The Morgan fingerprint density at radius 1 is 1.32 bits per heavy atom. The first kappa shape index (κ1) is 16.1. The molecule has 1 aromatic carbocycles. The van der Waals surface area contributed by atoms with Crippen molar-refractivity contribution in [3.05, 3.63) is 51.4 Å². The lowest BCUT2D eigenvalue weighted by molar-refractivity contribution is 0.0977. The van der Waals surface area contributed by atoms with E-state index in [9.17, 15) is 10.1 Å². The molecule has 1 heterocycles. The fourth-order valence-corrected chi connectivity index (χ4v) is 3.22. The van der Waals surface area contributed by atoms with Crippen molar-refractivity contribution in [2.75, 3.05) is 5.32 Å². The predicted molar refractivity (Wildman–Crippen MR) is 93.4 cm³/mol. The van der Waals surface area contributed by atoms with Gasteiger partial charge < -0.3 is 5.32 Å². The van der Waals surface area contributed by atoms with Crippen LogP contribution in [0.5, 0.6) is 0 Å². The SMILES string of the molecule is Cc1cccc(C(=O)NC(=S)Nc2sc(C)c(C)c2C#N)c1. The van der Waals surface area contributed by atoms with Crippen molar-refractivity contribution in [2.45, 2.75) is 20.8 Å². The minimum Gasteiger partial charge on any atom is -0.323 e. The largest absolute Gasteiger partial charge is 0.323 e. The van der Waals surface area contributed by atoms with Crippen LogP contribution in [-0.4, -0.2) is 11.0 Å². The molecule has 6 heteroatoms. The Balaban J connectivity index is 2.09. The zero-order valence-electron chi connectivity index (χ0n) is 12.5.